The molecule has 0 radical (unpaired) electrons. The van der Waals surface area contributed by atoms with Crippen LogP contribution in [-0.4, -0.2) is 21.3 Å². The summed E-state index contributed by atoms with van der Waals surface area (Å²) in [5.74, 6) is 0. The monoisotopic (exact) mass is 238 g/mol. The Morgan fingerprint density at radius 1 is 1.41 bits per heavy atom. The summed E-state index contributed by atoms with van der Waals surface area (Å²) in [6.07, 6.45) is 3.66. The fourth-order valence-electron chi connectivity index (χ4n) is 2.19. The molecule has 0 aliphatic carbocycles. The molecule has 2 rings (SSSR count). The summed E-state index contributed by atoms with van der Waals surface area (Å²) in [7, 11) is 0. The van der Waals surface area contributed by atoms with E-state index in [1.165, 1.54) is 15.2 Å². The van der Waals surface area contributed by atoms with E-state index in [0.29, 0.717) is 13.1 Å². The highest BCUT2D eigenvalue weighted by atomic mass is 16.5. The van der Waals surface area contributed by atoms with Gasteiger partial charge in [0.25, 0.3) is 5.56 Å². The minimum atomic E-state index is -0.247. The zero-order chi connectivity index (χ0) is 12.4. The fourth-order valence-corrected chi connectivity index (χ4v) is 2.19. The van der Waals surface area contributed by atoms with Gasteiger partial charge in [0.05, 0.1) is 18.8 Å². The molecule has 0 aromatic carbocycles. The Kier molecular flexibility index (Phi) is 3.47. The Labute approximate surface area is 99.6 Å². The van der Waals surface area contributed by atoms with Gasteiger partial charge in [-0.2, -0.15) is 0 Å². The predicted octanol–water partition coefficient (Wildman–Crippen LogP) is 0.597. The lowest BCUT2D eigenvalue weighted by Crippen LogP contribution is -2.41. The molecule has 1 aromatic heterocycles. The zero-order valence-electron chi connectivity index (χ0n) is 10.3. The van der Waals surface area contributed by atoms with Crippen LogP contribution in [0.4, 0.5) is 0 Å². The second-order valence-electron chi connectivity index (χ2n) is 4.48. The molecule has 5 nitrogen and oxygen atoms in total. The number of aromatic nitrogens is 2. The van der Waals surface area contributed by atoms with Crippen molar-refractivity contribution < 1.29 is 4.74 Å². The van der Waals surface area contributed by atoms with Crippen molar-refractivity contribution in [3.8, 4) is 0 Å². The molecule has 1 aromatic rings. The standard InChI is InChI=1S/C12H18N2O3/c1-3-13-7-6-11(15)14(12(13)16)8-10-5-4-9(2)17-10/h6-7,9-10H,3-5,8H2,1-2H3. The van der Waals surface area contributed by atoms with Crippen molar-refractivity contribution in [1.29, 1.82) is 0 Å². The normalized spacial score (nSPS) is 24.1. The van der Waals surface area contributed by atoms with Crippen molar-refractivity contribution >= 4 is 0 Å². The zero-order valence-corrected chi connectivity index (χ0v) is 10.3. The van der Waals surface area contributed by atoms with Gasteiger partial charge < -0.3 is 9.30 Å². The van der Waals surface area contributed by atoms with Crippen molar-refractivity contribution in [3.05, 3.63) is 33.1 Å². The molecule has 2 unspecified atom stereocenters. The maximum absolute atomic E-state index is 12.0. The number of rotatable bonds is 3. The molecule has 2 atom stereocenters. The summed E-state index contributed by atoms with van der Waals surface area (Å²) in [5, 5.41) is 0. The minimum absolute atomic E-state index is 0.0110. The molecule has 1 fully saturated rings. The van der Waals surface area contributed by atoms with E-state index in [1.54, 1.807) is 6.20 Å². The summed E-state index contributed by atoms with van der Waals surface area (Å²) < 4.78 is 8.44. The predicted molar refractivity (Wildman–Crippen MR) is 64.2 cm³/mol. The molecular weight excluding hydrogens is 220 g/mol. The molecule has 1 aliphatic rings. The number of hydrogen-bond donors (Lipinski definition) is 0. The van der Waals surface area contributed by atoms with Crippen LogP contribution in [0.5, 0.6) is 0 Å². The molecule has 0 spiro atoms. The van der Waals surface area contributed by atoms with Gasteiger partial charge in [-0.1, -0.05) is 0 Å². The smallest absolute Gasteiger partial charge is 0.331 e. The van der Waals surface area contributed by atoms with E-state index < -0.39 is 0 Å². The highest BCUT2D eigenvalue weighted by Gasteiger charge is 2.23. The summed E-state index contributed by atoms with van der Waals surface area (Å²) in [6.45, 7) is 4.83. The summed E-state index contributed by atoms with van der Waals surface area (Å²) >= 11 is 0. The topological polar surface area (TPSA) is 53.2 Å². The molecule has 0 amide bonds. The molecule has 1 saturated heterocycles. The SMILES string of the molecule is CCn1ccc(=O)n(CC2CCC(C)O2)c1=O. The number of ether oxygens (including phenoxy) is 1. The highest BCUT2D eigenvalue weighted by molar-refractivity contribution is 4.87. The van der Waals surface area contributed by atoms with E-state index >= 15 is 0 Å². The van der Waals surface area contributed by atoms with Crippen LogP contribution in [0.15, 0.2) is 21.9 Å². The second kappa shape index (κ2) is 4.87. The van der Waals surface area contributed by atoms with E-state index in [2.05, 4.69) is 0 Å². The first-order valence-corrected chi connectivity index (χ1v) is 6.07. The van der Waals surface area contributed by atoms with Crippen molar-refractivity contribution in [1.82, 2.24) is 9.13 Å². The van der Waals surface area contributed by atoms with Gasteiger partial charge in [0.15, 0.2) is 0 Å². The Bertz CT molecular complexity index is 503. The average molecular weight is 238 g/mol. The van der Waals surface area contributed by atoms with Crippen LogP contribution >= 0.6 is 0 Å². The maximum Gasteiger partial charge on any atom is 0.331 e. The van der Waals surface area contributed by atoms with Gasteiger partial charge >= 0.3 is 5.69 Å². The van der Waals surface area contributed by atoms with E-state index in [1.807, 2.05) is 13.8 Å². The molecule has 0 bridgehead atoms. The highest BCUT2D eigenvalue weighted by Crippen LogP contribution is 2.19. The van der Waals surface area contributed by atoms with Crippen LogP contribution in [0.25, 0.3) is 0 Å². The summed E-state index contributed by atoms with van der Waals surface area (Å²) in [5.41, 5.74) is -0.494. The van der Waals surface area contributed by atoms with Crippen LogP contribution in [0.2, 0.25) is 0 Å². The van der Waals surface area contributed by atoms with Crippen molar-refractivity contribution in [2.45, 2.75) is 52.0 Å². The lowest BCUT2D eigenvalue weighted by atomic mass is 10.2. The number of aryl methyl sites for hydroxylation is 1. The first kappa shape index (κ1) is 12.1. The van der Waals surface area contributed by atoms with E-state index in [-0.39, 0.29) is 23.5 Å². The summed E-state index contributed by atoms with van der Waals surface area (Å²) in [6, 6.07) is 1.43. The lowest BCUT2D eigenvalue weighted by molar-refractivity contribution is 0.0441. The molecule has 2 heterocycles. The molecular formula is C12H18N2O3. The van der Waals surface area contributed by atoms with Crippen LogP contribution in [0.3, 0.4) is 0 Å². The minimum Gasteiger partial charge on any atom is -0.373 e. The lowest BCUT2D eigenvalue weighted by Gasteiger charge is -2.13. The van der Waals surface area contributed by atoms with E-state index in [9.17, 15) is 9.59 Å². The third kappa shape index (κ3) is 2.49. The Balaban J connectivity index is 2.26. The third-order valence-electron chi connectivity index (χ3n) is 3.19. The first-order chi connectivity index (χ1) is 8.11. The van der Waals surface area contributed by atoms with Crippen molar-refractivity contribution in [2.24, 2.45) is 0 Å². The van der Waals surface area contributed by atoms with Crippen LogP contribution in [0, 0.1) is 0 Å². The maximum atomic E-state index is 12.0. The van der Waals surface area contributed by atoms with E-state index in [0.717, 1.165) is 12.8 Å². The van der Waals surface area contributed by atoms with Crippen molar-refractivity contribution in [3.63, 3.8) is 0 Å². The van der Waals surface area contributed by atoms with Crippen LogP contribution in [-0.2, 0) is 17.8 Å². The molecule has 94 valence electrons. The quantitative estimate of drug-likeness (QED) is 0.774. The van der Waals surface area contributed by atoms with Gasteiger partial charge in [0.1, 0.15) is 0 Å². The third-order valence-corrected chi connectivity index (χ3v) is 3.19. The largest absolute Gasteiger partial charge is 0.373 e. The van der Waals surface area contributed by atoms with Crippen LogP contribution in [0.1, 0.15) is 26.7 Å². The van der Waals surface area contributed by atoms with Gasteiger partial charge in [-0.25, -0.2) is 4.79 Å². The molecule has 1 aliphatic heterocycles. The van der Waals surface area contributed by atoms with Gasteiger partial charge in [0, 0.05) is 18.8 Å². The first-order valence-electron chi connectivity index (χ1n) is 6.07. The van der Waals surface area contributed by atoms with Gasteiger partial charge in [-0.3, -0.25) is 9.36 Å². The number of nitrogens with zero attached hydrogens (tertiary/aromatic N) is 2. The summed E-state index contributed by atoms with van der Waals surface area (Å²) in [4.78, 5) is 23.6. The molecule has 0 saturated carbocycles. The molecule has 0 N–H and O–H groups in total. The van der Waals surface area contributed by atoms with Crippen molar-refractivity contribution in [2.75, 3.05) is 0 Å². The number of hydrogen-bond acceptors (Lipinski definition) is 3. The molecule has 5 heteroatoms. The van der Waals surface area contributed by atoms with E-state index in [4.69, 9.17) is 4.74 Å². The Morgan fingerprint density at radius 2 is 2.18 bits per heavy atom. The average Bonchev–Trinajstić information content (AvgIpc) is 2.70. The Morgan fingerprint density at radius 3 is 2.76 bits per heavy atom. The fraction of sp³-hybridized carbons (Fsp3) is 0.667. The molecule has 17 heavy (non-hydrogen) atoms. The Hall–Kier alpha value is -1.36. The van der Waals surface area contributed by atoms with Gasteiger partial charge in [-0.05, 0) is 26.7 Å². The second-order valence-corrected chi connectivity index (χ2v) is 4.48. The van der Waals surface area contributed by atoms with Crippen LogP contribution < -0.4 is 11.2 Å². The van der Waals surface area contributed by atoms with Gasteiger partial charge in [0.2, 0.25) is 0 Å². The van der Waals surface area contributed by atoms with Gasteiger partial charge in [-0.15, -0.1) is 0 Å².